The van der Waals surface area contributed by atoms with Crippen molar-refractivity contribution < 1.29 is 19.3 Å². The second-order valence-corrected chi connectivity index (χ2v) is 7.55. The number of anilines is 1. The van der Waals surface area contributed by atoms with Gasteiger partial charge in [-0.1, -0.05) is 17.6 Å². The lowest BCUT2D eigenvalue weighted by Gasteiger charge is -2.37. The van der Waals surface area contributed by atoms with E-state index in [0.29, 0.717) is 5.69 Å². The molecule has 0 unspecified atom stereocenters. The average Bonchev–Trinajstić information content (AvgIpc) is 2.34. The molecule has 1 aromatic carbocycles. The van der Waals surface area contributed by atoms with E-state index in [-0.39, 0.29) is 0 Å². The number of ether oxygens (including phenoxy) is 1. The molecule has 2 N–H and O–H groups in total. The molecule has 0 aliphatic rings. The molecule has 0 fully saturated rings. The van der Waals surface area contributed by atoms with Gasteiger partial charge in [-0.2, -0.15) is 0 Å². The minimum Gasteiger partial charge on any atom is -0.444 e. The Kier molecular flexibility index (Phi) is 5.88. The number of carbonyl (C=O) groups is 1. The molecule has 0 atom stereocenters. The molecule has 0 bridgehead atoms. The van der Waals surface area contributed by atoms with Gasteiger partial charge in [0.15, 0.2) is 0 Å². The Labute approximate surface area is 139 Å². The number of benzene rings is 1. The summed E-state index contributed by atoms with van der Waals surface area (Å²) in [5, 5.41) is 12.7. The van der Waals surface area contributed by atoms with E-state index in [1.54, 1.807) is 33.5 Å². The molecule has 5 nitrogen and oxygen atoms in total. The smallest absolute Gasteiger partial charge is 0.412 e. The van der Waals surface area contributed by atoms with Crippen molar-refractivity contribution >= 4 is 24.7 Å². The quantitative estimate of drug-likeness (QED) is 0.819. The topological polar surface area (TPSA) is 67.8 Å². The van der Waals surface area contributed by atoms with Crippen LogP contribution in [0.4, 0.5) is 10.5 Å². The van der Waals surface area contributed by atoms with Gasteiger partial charge in [0.25, 0.3) is 0 Å². The Morgan fingerprint density at radius 2 is 1.57 bits per heavy atom. The molecular formula is C17H27BNO4. The van der Waals surface area contributed by atoms with Crippen molar-refractivity contribution in [1.82, 2.24) is 0 Å². The molecule has 0 saturated heterocycles. The molecule has 23 heavy (non-hydrogen) atoms. The number of hydrogen-bond acceptors (Lipinski definition) is 4. The molecule has 0 saturated carbocycles. The molecule has 127 valence electrons. The lowest BCUT2D eigenvalue weighted by Crippen LogP contribution is -2.49. The maximum atomic E-state index is 11.7. The molecule has 1 rings (SSSR count). The van der Waals surface area contributed by atoms with Gasteiger partial charge in [0.2, 0.25) is 0 Å². The van der Waals surface area contributed by atoms with Crippen molar-refractivity contribution in [2.24, 2.45) is 0 Å². The molecule has 0 spiro atoms. The van der Waals surface area contributed by atoms with Crippen LogP contribution < -0.4 is 10.8 Å². The van der Waals surface area contributed by atoms with E-state index >= 15 is 0 Å². The fourth-order valence-corrected chi connectivity index (χ4v) is 1.43. The second-order valence-electron chi connectivity index (χ2n) is 7.55. The first kappa shape index (κ1) is 19.5. The van der Waals surface area contributed by atoms with Crippen LogP contribution in [0.3, 0.4) is 0 Å². The second kappa shape index (κ2) is 6.93. The predicted octanol–water partition coefficient (Wildman–Crippen LogP) is 2.84. The van der Waals surface area contributed by atoms with E-state index in [4.69, 9.17) is 9.39 Å². The summed E-state index contributed by atoms with van der Waals surface area (Å²) in [6.45, 7) is 12.5. The van der Waals surface area contributed by atoms with Gasteiger partial charge in [-0.15, -0.1) is 0 Å². The van der Waals surface area contributed by atoms with Crippen LogP contribution in [-0.2, 0) is 9.39 Å². The van der Waals surface area contributed by atoms with E-state index < -0.39 is 22.9 Å². The minimum atomic E-state index is -0.971. The third-order valence-corrected chi connectivity index (χ3v) is 3.52. The van der Waals surface area contributed by atoms with Crippen LogP contribution in [0.1, 0.15) is 48.5 Å². The maximum Gasteiger partial charge on any atom is 0.412 e. The summed E-state index contributed by atoms with van der Waals surface area (Å²) in [6.07, 6.45) is -0.492. The predicted molar refractivity (Wildman–Crippen MR) is 93.1 cm³/mol. The van der Waals surface area contributed by atoms with Crippen LogP contribution in [-0.4, -0.2) is 35.5 Å². The highest BCUT2D eigenvalue weighted by atomic mass is 16.6. The van der Waals surface area contributed by atoms with E-state index in [0.717, 1.165) is 5.46 Å². The molecule has 1 aromatic rings. The molecule has 0 aliphatic carbocycles. The van der Waals surface area contributed by atoms with Gasteiger partial charge in [0, 0.05) is 5.69 Å². The van der Waals surface area contributed by atoms with Gasteiger partial charge in [0.05, 0.1) is 11.2 Å². The lowest BCUT2D eigenvalue weighted by atomic mass is 9.82. The largest absolute Gasteiger partial charge is 0.444 e. The maximum absolute atomic E-state index is 11.7. The van der Waals surface area contributed by atoms with Gasteiger partial charge in [0.1, 0.15) is 5.60 Å². The zero-order chi connectivity index (χ0) is 17.9. The van der Waals surface area contributed by atoms with E-state index in [1.165, 1.54) is 0 Å². The van der Waals surface area contributed by atoms with E-state index in [1.807, 2.05) is 46.8 Å². The Hall–Kier alpha value is -1.53. The SMILES string of the molecule is CC(C)(C)OC(=O)Nc1ccc([B]OC(C)(C)C(C)(C)O)cc1. The number of carbonyl (C=O) groups excluding carboxylic acids is 1. The van der Waals surface area contributed by atoms with Crippen LogP contribution in [0.25, 0.3) is 0 Å². The van der Waals surface area contributed by atoms with Crippen LogP contribution in [0.15, 0.2) is 24.3 Å². The zero-order valence-electron chi connectivity index (χ0n) is 15.1. The normalized spacial score (nSPS) is 12.7. The fraction of sp³-hybridized carbons (Fsp3) is 0.588. The first-order valence-corrected chi connectivity index (χ1v) is 7.64. The van der Waals surface area contributed by atoms with Gasteiger partial charge >= 0.3 is 13.6 Å². The first-order chi connectivity index (χ1) is 10.3. The summed E-state index contributed by atoms with van der Waals surface area (Å²) < 4.78 is 10.9. The third kappa shape index (κ3) is 6.63. The van der Waals surface area contributed by atoms with E-state index in [9.17, 15) is 9.90 Å². The number of amides is 1. The summed E-state index contributed by atoms with van der Waals surface area (Å²) in [7, 11) is 1.59. The van der Waals surface area contributed by atoms with Crippen molar-refractivity contribution in [2.45, 2.75) is 65.3 Å². The zero-order valence-corrected chi connectivity index (χ0v) is 15.1. The summed E-state index contributed by atoms with van der Waals surface area (Å²) >= 11 is 0. The third-order valence-electron chi connectivity index (χ3n) is 3.52. The minimum absolute atomic E-state index is 0.492. The highest BCUT2D eigenvalue weighted by molar-refractivity contribution is 6.47. The highest BCUT2D eigenvalue weighted by Crippen LogP contribution is 2.24. The van der Waals surface area contributed by atoms with Gasteiger partial charge in [-0.25, -0.2) is 4.79 Å². The van der Waals surface area contributed by atoms with Crippen LogP contribution in [0.5, 0.6) is 0 Å². The van der Waals surface area contributed by atoms with Crippen molar-refractivity contribution in [1.29, 1.82) is 0 Å². The molecule has 0 heterocycles. The Morgan fingerprint density at radius 3 is 2.00 bits per heavy atom. The Morgan fingerprint density at radius 1 is 1.04 bits per heavy atom. The number of rotatable bonds is 5. The number of nitrogens with one attached hydrogen (secondary N) is 1. The average molecular weight is 320 g/mol. The van der Waals surface area contributed by atoms with Crippen LogP contribution in [0, 0.1) is 0 Å². The molecule has 6 heteroatoms. The standard InChI is InChI=1S/C17H27BNO4/c1-15(2,3)22-14(20)19-13-10-8-12(9-11-13)18-23-17(6,7)16(4,5)21/h8-11,21H,1-7H3,(H,19,20). The molecule has 1 radical (unpaired) electrons. The number of aliphatic hydroxyl groups is 1. The van der Waals surface area contributed by atoms with Crippen LogP contribution >= 0.6 is 0 Å². The highest BCUT2D eigenvalue weighted by Gasteiger charge is 2.35. The van der Waals surface area contributed by atoms with Crippen molar-refractivity contribution in [3.8, 4) is 0 Å². The lowest BCUT2D eigenvalue weighted by molar-refractivity contribution is -0.0893. The van der Waals surface area contributed by atoms with Gasteiger partial charge < -0.3 is 14.5 Å². The summed E-state index contributed by atoms with van der Waals surface area (Å²) in [6, 6.07) is 7.15. The fourth-order valence-electron chi connectivity index (χ4n) is 1.43. The number of hydrogen-bond donors (Lipinski definition) is 2. The summed E-state index contributed by atoms with van der Waals surface area (Å²) in [5.41, 5.74) is -0.758. The van der Waals surface area contributed by atoms with Gasteiger partial charge in [-0.05, 0) is 60.6 Å². The molecule has 0 aromatic heterocycles. The Balaban J connectivity index is 2.59. The van der Waals surface area contributed by atoms with Crippen molar-refractivity contribution in [3.63, 3.8) is 0 Å². The molecular weight excluding hydrogens is 293 g/mol. The van der Waals surface area contributed by atoms with E-state index in [2.05, 4.69) is 5.32 Å². The first-order valence-electron chi connectivity index (χ1n) is 7.64. The Bertz CT molecular complexity index is 527. The monoisotopic (exact) mass is 320 g/mol. The summed E-state index contributed by atoms with van der Waals surface area (Å²) in [5.74, 6) is 0. The molecule has 1 amide bonds. The molecule has 0 aliphatic heterocycles. The van der Waals surface area contributed by atoms with Crippen molar-refractivity contribution in [3.05, 3.63) is 24.3 Å². The summed E-state index contributed by atoms with van der Waals surface area (Å²) in [4.78, 5) is 11.7. The van der Waals surface area contributed by atoms with Gasteiger partial charge in [-0.3, -0.25) is 5.32 Å². The van der Waals surface area contributed by atoms with Crippen LogP contribution in [0.2, 0.25) is 0 Å². The van der Waals surface area contributed by atoms with Crippen molar-refractivity contribution in [2.75, 3.05) is 5.32 Å².